The molecule has 0 spiro atoms. The van der Waals surface area contributed by atoms with Crippen LogP contribution in [-0.4, -0.2) is 31.3 Å². The molecule has 2 heterocycles. The van der Waals surface area contributed by atoms with Gasteiger partial charge in [0, 0.05) is 37.7 Å². The highest BCUT2D eigenvalue weighted by Gasteiger charge is 2.21. The zero-order valence-corrected chi connectivity index (χ0v) is 9.71. The number of aromatic nitrogens is 1. The first-order valence-electron chi connectivity index (χ1n) is 5.50. The minimum atomic E-state index is 0.0653. The Kier molecular flexibility index (Phi) is 2.69. The van der Waals surface area contributed by atoms with Crippen LogP contribution < -0.4 is 10.2 Å². The topological polar surface area (TPSA) is 41.3 Å². The minimum Gasteiger partial charge on any atom is -0.338 e. The Morgan fingerprint density at radius 3 is 2.53 bits per heavy atom. The molecule has 0 aliphatic carbocycles. The molecule has 4 nitrogen and oxygen atoms in total. The Labute approximate surface area is 90.6 Å². The largest absolute Gasteiger partial charge is 0.338 e. The molecular formula is C11H19N3O. The maximum atomic E-state index is 5.38. The zero-order valence-electron chi connectivity index (χ0n) is 9.71. The fourth-order valence-corrected chi connectivity index (χ4v) is 1.65. The standard InChI is InChI=1S/C11H19N3O/c1-11(2,3)9-8-10(15-13-9)14-6-4-12-5-7-14/h8,12H,4-7H2,1-3H3. The molecule has 1 fully saturated rings. The zero-order chi connectivity index (χ0) is 10.9. The number of hydrogen-bond acceptors (Lipinski definition) is 4. The molecule has 1 N–H and O–H groups in total. The van der Waals surface area contributed by atoms with Crippen LogP contribution >= 0.6 is 0 Å². The van der Waals surface area contributed by atoms with Crippen molar-refractivity contribution in [2.45, 2.75) is 26.2 Å². The van der Waals surface area contributed by atoms with Crippen molar-refractivity contribution in [1.82, 2.24) is 10.5 Å². The maximum Gasteiger partial charge on any atom is 0.227 e. The Morgan fingerprint density at radius 2 is 2.00 bits per heavy atom. The van der Waals surface area contributed by atoms with Crippen molar-refractivity contribution in [3.63, 3.8) is 0 Å². The highest BCUT2D eigenvalue weighted by atomic mass is 16.5. The molecule has 0 unspecified atom stereocenters. The summed E-state index contributed by atoms with van der Waals surface area (Å²) in [6.07, 6.45) is 0. The lowest BCUT2D eigenvalue weighted by atomic mass is 9.92. The van der Waals surface area contributed by atoms with Crippen molar-refractivity contribution < 1.29 is 4.52 Å². The van der Waals surface area contributed by atoms with Crippen LogP contribution in [0, 0.1) is 0 Å². The predicted molar refractivity (Wildman–Crippen MR) is 60.3 cm³/mol. The third-order valence-corrected chi connectivity index (χ3v) is 2.69. The molecule has 0 saturated carbocycles. The molecule has 0 amide bonds. The highest BCUT2D eigenvalue weighted by Crippen LogP contribution is 2.25. The maximum absolute atomic E-state index is 5.38. The quantitative estimate of drug-likeness (QED) is 0.758. The van der Waals surface area contributed by atoms with Gasteiger partial charge in [-0.25, -0.2) is 0 Å². The Balaban J connectivity index is 2.12. The van der Waals surface area contributed by atoms with Gasteiger partial charge in [-0.2, -0.15) is 0 Å². The van der Waals surface area contributed by atoms with Crippen molar-refractivity contribution in [2.24, 2.45) is 0 Å². The van der Waals surface area contributed by atoms with Gasteiger partial charge in [0.15, 0.2) is 0 Å². The van der Waals surface area contributed by atoms with Crippen molar-refractivity contribution in [1.29, 1.82) is 0 Å². The molecule has 1 aliphatic rings. The Bertz CT molecular complexity index is 321. The summed E-state index contributed by atoms with van der Waals surface area (Å²) in [4.78, 5) is 2.23. The van der Waals surface area contributed by atoms with E-state index >= 15 is 0 Å². The summed E-state index contributed by atoms with van der Waals surface area (Å²) in [7, 11) is 0. The number of piperazine rings is 1. The lowest BCUT2D eigenvalue weighted by molar-refractivity contribution is 0.385. The first-order valence-corrected chi connectivity index (χ1v) is 5.50. The van der Waals surface area contributed by atoms with Gasteiger partial charge in [0.25, 0.3) is 0 Å². The van der Waals surface area contributed by atoms with Crippen LogP contribution in [0.3, 0.4) is 0 Å². The van der Waals surface area contributed by atoms with Crippen molar-refractivity contribution in [2.75, 3.05) is 31.1 Å². The van der Waals surface area contributed by atoms with E-state index in [1.165, 1.54) is 0 Å². The van der Waals surface area contributed by atoms with E-state index in [-0.39, 0.29) is 5.41 Å². The summed E-state index contributed by atoms with van der Waals surface area (Å²) in [5.41, 5.74) is 1.09. The van der Waals surface area contributed by atoms with Crippen LogP contribution in [0.1, 0.15) is 26.5 Å². The first kappa shape index (κ1) is 10.5. The SMILES string of the molecule is CC(C)(C)c1cc(N2CCNCC2)on1. The fourth-order valence-electron chi connectivity index (χ4n) is 1.65. The van der Waals surface area contributed by atoms with Gasteiger partial charge in [-0.1, -0.05) is 25.9 Å². The molecule has 0 atom stereocenters. The molecule has 2 rings (SSSR count). The smallest absolute Gasteiger partial charge is 0.227 e. The molecule has 0 bridgehead atoms. The van der Waals surface area contributed by atoms with Crippen LogP contribution in [0.15, 0.2) is 10.6 Å². The summed E-state index contributed by atoms with van der Waals surface area (Å²) in [6, 6.07) is 2.06. The average Bonchev–Trinajstić information content (AvgIpc) is 2.67. The number of nitrogens with one attached hydrogen (secondary N) is 1. The lowest BCUT2D eigenvalue weighted by Crippen LogP contribution is -2.43. The summed E-state index contributed by atoms with van der Waals surface area (Å²) in [5, 5.41) is 7.44. The van der Waals surface area contributed by atoms with E-state index in [0.29, 0.717) is 0 Å². The van der Waals surface area contributed by atoms with Gasteiger partial charge >= 0.3 is 0 Å². The Morgan fingerprint density at radius 1 is 1.33 bits per heavy atom. The van der Waals surface area contributed by atoms with Crippen molar-refractivity contribution >= 4 is 5.88 Å². The molecule has 4 heteroatoms. The van der Waals surface area contributed by atoms with E-state index in [1.807, 2.05) is 0 Å². The first-order chi connectivity index (χ1) is 7.07. The van der Waals surface area contributed by atoms with Crippen LogP contribution in [-0.2, 0) is 5.41 Å². The minimum absolute atomic E-state index is 0.0653. The second kappa shape index (κ2) is 3.85. The number of anilines is 1. The van der Waals surface area contributed by atoms with Crippen LogP contribution in [0.5, 0.6) is 0 Å². The van der Waals surface area contributed by atoms with Gasteiger partial charge in [-0.15, -0.1) is 0 Å². The summed E-state index contributed by atoms with van der Waals surface area (Å²) in [6.45, 7) is 10.5. The van der Waals surface area contributed by atoms with Gasteiger partial charge < -0.3 is 14.7 Å². The van der Waals surface area contributed by atoms with Gasteiger partial charge in [0.05, 0.1) is 5.69 Å². The molecule has 0 radical (unpaired) electrons. The highest BCUT2D eigenvalue weighted by molar-refractivity contribution is 5.38. The number of nitrogens with zero attached hydrogens (tertiary/aromatic N) is 2. The fraction of sp³-hybridized carbons (Fsp3) is 0.727. The third kappa shape index (κ3) is 2.31. The summed E-state index contributed by atoms with van der Waals surface area (Å²) in [5.74, 6) is 0.904. The monoisotopic (exact) mass is 209 g/mol. The molecule has 84 valence electrons. The van der Waals surface area contributed by atoms with E-state index in [0.717, 1.165) is 37.8 Å². The second-order valence-electron chi connectivity index (χ2n) is 5.04. The van der Waals surface area contributed by atoms with Crippen LogP contribution in [0.25, 0.3) is 0 Å². The number of hydrogen-bond donors (Lipinski definition) is 1. The third-order valence-electron chi connectivity index (χ3n) is 2.69. The Hall–Kier alpha value is -1.03. The van der Waals surface area contributed by atoms with Crippen LogP contribution in [0.4, 0.5) is 5.88 Å². The molecule has 1 aliphatic heterocycles. The van der Waals surface area contributed by atoms with Crippen LogP contribution in [0.2, 0.25) is 0 Å². The molecule has 1 aromatic heterocycles. The lowest BCUT2D eigenvalue weighted by Gasteiger charge is -2.26. The van der Waals surface area contributed by atoms with E-state index in [4.69, 9.17) is 4.52 Å². The van der Waals surface area contributed by atoms with E-state index in [9.17, 15) is 0 Å². The van der Waals surface area contributed by atoms with E-state index in [1.54, 1.807) is 0 Å². The normalized spacial score (nSPS) is 18.2. The molecule has 1 saturated heterocycles. The van der Waals surface area contributed by atoms with Gasteiger partial charge in [0.1, 0.15) is 0 Å². The van der Waals surface area contributed by atoms with Gasteiger partial charge in [-0.05, 0) is 0 Å². The summed E-state index contributed by atoms with van der Waals surface area (Å²) >= 11 is 0. The summed E-state index contributed by atoms with van der Waals surface area (Å²) < 4.78 is 5.38. The number of rotatable bonds is 1. The van der Waals surface area contributed by atoms with E-state index < -0.39 is 0 Å². The molecular weight excluding hydrogens is 190 g/mol. The van der Waals surface area contributed by atoms with Crippen molar-refractivity contribution in [3.8, 4) is 0 Å². The van der Waals surface area contributed by atoms with Gasteiger partial charge in [-0.3, -0.25) is 0 Å². The molecule has 1 aromatic rings. The molecule has 15 heavy (non-hydrogen) atoms. The van der Waals surface area contributed by atoms with Crippen molar-refractivity contribution in [3.05, 3.63) is 11.8 Å². The second-order valence-corrected chi connectivity index (χ2v) is 5.04. The van der Waals surface area contributed by atoms with Gasteiger partial charge in [0.2, 0.25) is 5.88 Å². The predicted octanol–water partition coefficient (Wildman–Crippen LogP) is 1.38. The average molecular weight is 209 g/mol. The van der Waals surface area contributed by atoms with E-state index in [2.05, 4.69) is 42.2 Å². The molecule has 0 aromatic carbocycles.